The Kier molecular flexibility index (Phi) is 4.91. The van der Waals surface area contributed by atoms with Crippen LogP contribution in [0.4, 0.5) is 0 Å². The lowest BCUT2D eigenvalue weighted by atomic mass is 9.49. The van der Waals surface area contributed by atoms with E-state index in [0.717, 1.165) is 43.4 Å². The number of hydrogen-bond donors (Lipinski definition) is 0. The molecule has 0 spiro atoms. The Morgan fingerprint density at radius 1 is 0.905 bits per heavy atom. The van der Waals surface area contributed by atoms with E-state index in [1.54, 1.807) is 0 Å². The Hall–Kier alpha value is -0.530. The monoisotopic (exact) mass is 292 g/mol. The van der Waals surface area contributed by atoms with E-state index < -0.39 is 0 Å². The molecule has 0 aromatic carbocycles. The van der Waals surface area contributed by atoms with Gasteiger partial charge < -0.3 is 4.74 Å². The molecule has 4 bridgehead atoms. The van der Waals surface area contributed by atoms with Crippen LogP contribution in [0, 0.1) is 23.2 Å². The summed E-state index contributed by atoms with van der Waals surface area (Å²) in [4.78, 5) is 12.6. The summed E-state index contributed by atoms with van der Waals surface area (Å²) >= 11 is 0. The van der Waals surface area contributed by atoms with Gasteiger partial charge in [-0.1, -0.05) is 39.0 Å². The van der Waals surface area contributed by atoms with Crippen LogP contribution in [0.2, 0.25) is 0 Å². The van der Waals surface area contributed by atoms with E-state index in [9.17, 15) is 4.79 Å². The average Bonchev–Trinajstić information content (AvgIpc) is 2.44. The Labute approximate surface area is 130 Å². The molecule has 2 heteroatoms. The first-order chi connectivity index (χ1) is 10.2. The van der Waals surface area contributed by atoms with Gasteiger partial charge in [-0.3, -0.25) is 4.79 Å². The van der Waals surface area contributed by atoms with Gasteiger partial charge in [0.05, 0.1) is 12.0 Å². The summed E-state index contributed by atoms with van der Waals surface area (Å²) in [7, 11) is 0. The smallest absolute Gasteiger partial charge is 0.312 e. The highest BCUT2D eigenvalue weighted by Gasteiger charge is 2.55. The fourth-order valence-corrected chi connectivity index (χ4v) is 5.56. The van der Waals surface area contributed by atoms with Crippen molar-refractivity contribution in [2.75, 3.05) is 6.61 Å². The minimum absolute atomic E-state index is 0.0586. The van der Waals surface area contributed by atoms with Gasteiger partial charge in [0.25, 0.3) is 0 Å². The first kappa shape index (κ1) is 15.4. The van der Waals surface area contributed by atoms with Crippen molar-refractivity contribution in [3.8, 4) is 0 Å². The Morgan fingerprint density at radius 2 is 1.43 bits per heavy atom. The number of hydrogen-bond acceptors (Lipinski definition) is 2. The largest absolute Gasteiger partial charge is 0.465 e. The van der Waals surface area contributed by atoms with Gasteiger partial charge in [0, 0.05) is 0 Å². The van der Waals surface area contributed by atoms with Gasteiger partial charge in [-0.05, 0) is 62.7 Å². The van der Waals surface area contributed by atoms with Crippen LogP contribution in [0.1, 0.15) is 84.0 Å². The molecule has 120 valence electrons. The SMILES string of the molecule is CCCCCCCCOC(=O)C12CC3CC(CC(C3)C1)C2. The van der Waals surface area contributed by atoms with E-state index in [0.29, 0.717) is 6.61 Å². The molecule has 0 N–H and O–H groups in total. The summed E-state index contributed by atoms with van der Waals surface area (Å²) in [5, 5.41) is 0. The highest BCUT2D eigenvalue weighted by atomic mass is 16.5. The molecule has 0 aromatic rings. The number of esters is 1. The highest BCUT2D eigenvalue weighted by Crippen LogP contribution is 2.60. The van der Waals surface area contributed by atoms with Gasteiger partial charge in [-0.25, -0.2) is 0 Å². The van der Waals surface area contributed by atoms with Crippen LogP contribution in [0.25, 0.3) is 0 Å². The van der Waals surface area contributed by atoms with E-state index >= 15 is 0 Å². The topological polar surface area (TPSA) is 26.3 Å². The molecule has 0 radical (unpaired) electrons. The zero-order valence-electron chi connectivity index (χ0n) is 13.7. The van der Waals surface area contributed by atoms with Crippen molar-refractivity contribution in [1.82, 2.24) is 0 Å². The molecule has 21 heavy (non-hydrogen) atoms. The van der Waals surface area contributed by atoms with Gasteiger partial charge >= 0.3 is 5.97 Å². The predicted octanol–water partition coefficient (Wildman–Crippen LogP) is 5.11. The zero-order valence-corrected chi connectivity index (χ0v) is 13.7. The molecule has 4 saturated carbocycles. The Morgan fingerprint density at radius 3 is 2.00 bits per heavy atom. The molecule has 0 heterocycles. The fraction of sp³-hybridized carbons (Fsp3) is 0.947. The van der Waals surface area contributed by atoms with E-state index in [1.165, 1.54) is 51.4 Å². The summed E-state index contributed by atoms with van der Waals surface area (Å²) in [5.74, 6) is 2.66. The van der Waals surface area contributed by atoms with Crippen LogP contribution in [0.5, 0.6) is 0 Å². The molecular formula is C19H32O2. The minimum atomic E-state index is -0.0586. The lowest BCUT2D eigenvalue weighted by molar-refractivity contribution is -0.171. The van der Waals surface area contributed by atoms with Crippen LogP contribution >= 0.6 is 0 Å². The average molecular weight is 292 g/mol. The summed E-state index contributed by atoms with van der Waals surface area (Å²) in [6, 6.07) is 0. The first-order valence-corrected chi connectivity index (χ1v) is 9.39. The molecule has 0 aromatic heterocycles. The van der Waals surface area contributed by atoms with Crippen molar-refractivity contribution in [2.45, 2.75) is 84.0 Å². The quantitative estimate of drug-likeness (QED) is 0.459. The molecule has 0 amide bonds. The molecule has 4 rings (SSSR count). The second-order valence-electron chi connectivity index (χ2n) is 8.10. The molecule has 0 atom stereocenters. The van der Waals surface area contributed by atoms with Crippen molar-refractivity contribution in [3.05, 3.63) is 0 Å². The van der Waals surface area contributed by atoms with Crippen molar-refractivity contribution in [3.63, 3.8) is 0 Å². The van der Waals surface area contributed by atoms with E-state index in [4.69, 9.17) is 4.74 Å². The molecule has 4 aliphatic rings. The summed E-state index contributed by atoms with van der Waals surface area (Å²) in [6.07, 6.45) is 15.1. The molecule has 0 saturated heterocycles. The van der Waals surface area contributed by atoms with E-state index in [1.807, 2.05) is 0 Å². The van der Waals surface area contributed by atoms with Crippen LogP contribution in [-0.4, -0.2) is 12.6 Å². The Balaban J connectivity index is 1.39. The molecule has 4 fully saturated rings. The number of carbonyl (C=O) groups is 1. The lowest BCUT2D eigenvalue weighted by Crippen LogP contribution is -2.50. The molecule has 0 unspecified atom stereocenters. The number of rotatable bonds is 8. The lowest BCUT2D eigenvalue weighted by Gasteiger charge is -2.55. The van der Waals surface area contributed by atoms with E-state index in [-0.39, 0.29) is 11.4 Å². The minimum Gasteiger partial charge on any atom is -0.465 e. The predicted molar refractivity (Wildman–Crippen MR) is 84.9 cm³/mol. The van der Waals surface area contributed by atoms with Crippen molar-refractivity contribution in [1.29, 1.82) is 0 Å². The van der Waals surface area contributed by atoms with Crippen LogP contribution in [0.15, 0.2) is 0 Å². The van der Waals surface area contributed by atoms with Crippen LogP contribution < -0.4 is 0 Å². The second kappa shape index (κ2) is 6.71. The third kappa shape index (κ3) is 3.46. The number of ether oxygens (including phenoxy) is 1. The van der Waals surface area contributed by atoms with Crippen molar-refractivity contribution < 1.29 is 9.53 Å². The summed E-state index contributed by atoms with van der Waals surface area (Å²) in [6.45, 7) is 2.90. The van der Waals surface area contributed by atoms with Gasteiger partial charge in [-0.15, -0.1) is 0 Å². The fourth-order valence-electron chi connectivity index (χ4n) is 5.56. The third-order valence-corrected chi connectivity index (χ3v) is 6.20. The van der Waals surface area contributed by atoms with Crippen LogP contribution in [0.3, 0.4) is 0 Å². The number of carbonyl (C=O) groups excluding carboxylic acids is 1. The second-order valence-corrected chi connectivity index (χ2v) is 8.10. The molecule has 2 nitrogen and oxygen atoms in total. The van der Waals surface area contributed by atoms with Crippen molar-refractivity contribution in [2.24, 2.45) is 23.2 Å². The zero-order chi connectivity index (χ0) is 14.7. The third-order valence-electron chi connectivity index (χ3n) is 6.20. The van der Waals surface area contributed by atoms with E-state index in [2.05, 4.69) is 6.92 Å². The van der Waals surface area contributed by atoms with Crippen molar-refractivity contribution >= 4 is 5.97 Å². The highest BCUT2D eigenvalue weighted by molar-refractivity contribution is 5.77. The first-order valence-electron chi connectivity index (χ1n) is 9.39. The maximum absolute atomic E-state index is 12.6. The standard InChI is InChI=1S/C19H32O2/c1-2-3-4-5-6-7-8-21-18(20)19-12-15-9-16(13-19)11-17(10-15)14-19/h15-17H,2-14H2,1H3. The van der Waals surface area contributed by atoms with Gasteiger partial charge in [0.2, 0.25) is 0 Å². The summed E-state index contributed by atoms with van der Waals surface area (Å²) in [5.41, 5.74) is -0.0586. The molecule has 0 aliphatic heterocycles. The van der Waals surface area contributed by atoms with Gasteiger partial charge in [0.1, 0.15) is 0 Å². The summed E-state index contributed by atoms with van der Waals surface area (Å²) < 4.78 is 5.69. The normalized spacial score (nSPS) is 36.9. The van der Waals surface area contributed by atoms with Crippen LogP contribution in [-0.2, 0) is 9.53 Å². The maximum atomic E-state index is 12.6. The maximum Gasteiger partial charge on any atom is 0.312 e. The van der Waals surface area contributed by atoms with Gasteiger partial charge in [0.15, 0.2) is 0 Å². The number of unbranched alkanes of at least 4 members (excludes halogenated alkanes) is 5. The molecule has 4 aliphatic carbocycles. The Bertz CT molecular complexity index is 325. The molecular weight excluding hydrogens is 260 g/mol. The van der Waals surface area contributed by atoms with Gasteiger partial charge in [-0.2, -0.15) is 0 Å².